The van der Waals surface area contributed by atoms with E-state index in [1.165, 1.54) is 24.3 Å². The van der Waals surface area contributed by atoms with Crippen molar-refractivity contribution in [2.45, 2.75) is 32.7 Å². The number of hydrazone groups is 1. The molecule has 1 aliphatic rings. The van der Waals surface area contributed by atoms with Crippen LogP contribution in [-0.2, 0) is 21.4 Å². The minimum Gasteiger partial charge on any atom is -0.493 e. The predicted molar refractivity (Wildman–Crippen MR) is 120 cm³/mol. The van der Waals surface area contributed by atoms with Crippen molar-refractivity contribution < 1.29 is 35.9 Å². The number of anilines is 1. The standard InChI is InChI=1S/C22H24F3N3O5S/c1-4-15-12-20(29)28(13-14-5-8-17(9-6-14)27-34(3,30)31)26-21(15)16-7-10-18(32-2)19(11-16)33-22(23,24)25/h5-11,15,27H,4,12-13H2,1-3H3. The predicted octanol–water partition coefficient (Wildman–Crippen LogP) is 4.13. The molecule has 1 amide bonds. The van der Waals surface area contributed by atoms with Crippen LogP contribution >= 0.6 is 0 Å². The van der Waals surface area contributed by atoms with Crippen LogP contribution in [0.3, 0.4) is 0 Å². The average molecular weight is 500 g/mol. The van der Waals surface area contributed by atoms with Crippen molar-refractivity contribution in [1.29, 1.82) is 0 Å². The van der Waals surface area contributed by atoms with Crippen LogP contribution in [0.5, 0.6) is 11.5 Å². The number of ether oxygens (including phenoxy) is 2. The highest BCUT2D eigenvalue weighted by atomic mass is 32.2. The second kappa shape index (κ2) is 9.92. The highest BCUT2D eigenvalue weighted by Crippen LogP contribution is 2.35. The number of sulfonamides is 1. The van der Waals surface area contributed by atoms with E-state index in [9.17, 15) is 26.4 Å². The van der Waals surface area contributed by atoms with Crippen molar-refractivity contribution in [1.82, 2.24) is 5.01 Å². The normalized spacial score (nSPS) is 16.8. The van der Waals surface area contributed by atoms with Gasteiger partial charge in [0, 0.05) is 23.6 Å². The Balaban J connectivity index is 1.91. The van der Waals surface area contributed by atoms with Gasteiger partial charge in [0.25, 0.3) is 0 Å². The van der Waals surface area contributed by atoms with Crippen LogP contribution in [0.2, 0.25) is 0 Å². The van der Waals surface area contributed by atoms with E-state index in [0.717, 1.165) is 6.26 Å². The van der Waals surface area contributed by atoms with Crippen LogP contribution in [0.25, 0.3) is 0 Å². The molecule has 0 radical (unpaired) electrons. The molecule has 12 heteroatoms. The maximum atomic E-state index is 12.9. The van der Waals surface area contributed by atoms with Gasteiger partial charge < -0.3 is 9.47 Å². The lowest BCUT2D eigenvalue weighted by Gasteiger charge is -2.29. The largest absolute Gasteiger partial charge is 0.573 e. The molecule has 0 saturated heterocycles. The Bertz CT molecular complexity index is 1180. The van der Waals surface area contributed by atoms with Gasteiger partial charge in [-0.2, -0.15) is 5.10 Å². The van der Waals surface area contributed by atoms with Crippen LogP contribution < -0.4 is 14.2 Å². The van der Waals surface area contributed by atoms with Gasteiger partial charge in [-0.1, -0.05) is 19.1 Å². The molecule has 0 spiro atoms. The van der Waals surface area contributed by atoms with Gasteiger partial charge in [0.1, 0.15) is 0 Å². The third kappa shape index (κ3) is 6.62. The first kappa shape index (κ1) is 25.3. The van der Waals surface area contributed by atoms with Crippen molar-refractivity contribution in [2.75, 3.05) is 18.1 Å². The van der Waals surface area contributed by atoms with Crippen LogP contribution in [0.4, 0.5) is 18.9 Å². The molecule has 0 bridgehead atoms. The Kier molecular flexibility index (Phi) is 7.39. The number of hydrogen-bond acceptors (Lipinski definition) is 6. The van der Waals surface area contributed by atoms with Gasteiger partial charge in [-0.05, 0) is 42.3 Å². The molecular weight excluding hydrogens is 475 g/mol. The molecule has 2 aromatic rings. The number of hydrogen-bond donors (Lipinski definition) is 1. The maximum Gasteiger partial charge on any atom is 0.573 e. The molecule has 0 fully saturated rings. The molecule has 8 nitrogen and oxygen atoms in total. The summed E-state index contributed by atoms with van der Waals surface area (Å²) < 4.78 is 72.7. The first-order chi connectivity index (χ1) is 15.9. The number of benzene rings is 2. The molecule has 2 aromatic carbocycles. The molecular formula is C22H24F3N3O5S. The van der Waals surface area contributed by atoms with Gasteiger partial charge >= 0.3 is 6.36 Å². The smallest absolute Gasteiger partial charge is 0.493 e. The van der Waals surface area contributed by atoms with Gasteiger partial charge in [0.15, 0.2) is 11.5 Å². The lowest BCUT2D eigenvalue weighted by Crippen LogP contribution is -2.36. The zero-order chi connectivity index (χ0) is 25.1. The number of carbonyl (C=O) groups excluding carboxylic acids is 1. The summed E-state index contributed by atoms with van der Waals surface area (Å²) in [5, 5.41) is 5.73. The summed E-state index contributed by atoms with van der Waals surface area (Å²) in [5.74, 6) is -1.09. The van der Waals surface area contributed by atoms with Gasteiger partial charge in [0.05, 0.1) is 25.6 Å². The third-order valence-corrected chi connectivity index (χ3v) is 5.70. The fourth-order valence-corrected chi connectivity index (χ4v) is 4.10. The van der Waals surface area contributed by atoms with E-state index in [4.69, 9.17) is 4.74 Å². The third-order valence-electron chi connectivity index (χ3n) is 5.09. The number of nitrogens with one attached hydrogen (secondary N) is 1. The van der Waals surface area contributed by atoms with E-state index in [0.29, 0.717) is 28.9 Å². The summed E-state index contributed by atoms with van der Waals surface area (Å²) in [6.07, 6.45) is -3.15. The Morgan fingerprint density at radius 3 is 2.38 bits per heavy atom. The van der Waals surface area contributed by atoms with Crippen LogP contribution in [-0.4, -0.2) is 44.8 Å². The number of carbonyl (C=O) groups is 1. The van der Waals surface area contributed by atoms with E-state index < -0.39 is 22.1 Å². The van der Waals surface area contributed by atoms with Crippen molar-refractivity contribution in [3.63, 3.8) is 0 Å². The maximum absolute atomic E-state index is 12.9. The minimum absolute atomic E-state index is 0.0822. The minimum atomic E-state index is -4.90. The molecule has 0 aliphatic carbocycles. The molecule has 1 atom stereocenters. The molecule has 1 unspecified atom stereocenters. The van der Waals surface area contributed by atoms with E-state index in [1.54, 1.807) is 30.3 Å². The van der Waals surface area contributed by atoms with E-state index in [-0.39, 0.29) is 30.5 Å². The SMILES string of the molecule is CCC1CC(=O)N(Cc2ccc(NS(C)(=O)=O)cc2)N=C1c1ccc(OC)c(OC(F)(F)F)c1. The molecule has 1 N–H and O–H groups in total. The van der Waals surface area contributed by atoms with Crippen LogP contribution in [0.1, 0.15) is 30.9 Å². The first-order valence-corrected chi connectivity index (χ1v) is 12.2. The fourth-order valence-electron chi connectivity index (χ4n) is 3.54. The summed E-state index contributed by atoms with van der Waals surface area (Å²) in [6.45, 7) is 1.98. The van der Waals surface area contributed by atoms with Crippen molar-refractivity contribution in [3.8, 4) is 11.5 Å². The molecule has 0 aromatic heterocycles. The zero-order valence-electron chi connectivity index (χ0n) is 18.7. The highest BCUT2D eigenvalue weighted by Gasteiger charge is 2.34. The quantitative estimate of drug-likeness (QED) is 0.589. The Morgan fingerprint density at radius 2 is 1.82 bits per heavy atom. The van der Waals surface area contributed by atoms with Crippen molar-refractivity contribution in [3.05, 3.63) is 53.6 Å². The number of alkyl halides is 3. The van der Waals surface area contributed by atoms with E-state index in [2.05, 4.69) is 14.6 Å². The zero-order valence-corrected chi connectivity index (χ0v) is 19.5. The van der Waals surface area contributed by atoms with E-state index >= 15 is 0 Å². The monoisotopic (exact) mass is 499 g/mol. The second-order valence-electron chi connectivity index (χ2n) is 7.73. The number of nitrogens with zero attached hydrogens (tertiary/aromatic N) is 2. The number of halogens is 3. The first-order valence-electron chi connectivity index (χ1n) is 10.3. The number of rotatable bonds is 8. The van der Waals surface area contributed by atoms with Crippen LogP contribution in [0, 0.1) is 5.92 Å². The molecule has 1 aliphatic heterocycles. The van der Waals surface area contributed by atoms with Crippen molar-refractivity contribution in [2.24, 2.45) is 11.0 Å². The van der Waals surface area contributed by atoms with Gasteiger partial charge in [-0.3, -0.25) is 9.52 Å². The van der Waals surface area contributed by atoms with Gasteiger partial charge in [-0.15, -0.1) is 13.2 Å². The fraction of sp³-hybridized carbons (Fsp3) is 0.364. The molecule has 1 heterocycles. The molecule has 34 heavy (non-hydrogen) atoms. The Labute approximate surface area is 195 Å². The summed E-state index contributed by atoms with van der Waals surface area (Å²) >= 11 is 0. The van der Waals surface area contributed by atoms with Gasteiger partial charge in [-0.25, -0.2) is 13.4 Å². The molecule has 0 saturated carbocycles. The topological polar surface area (TPSA) is 97.3 Å². The average Bonchev–Trinajstić information content (AvgIpc) is 2.74. The van der Waals surface area contributed by atoms with Gasteiger partial charge in [0.2, 0.25) is 15.9 Å². The lowest BCUT2D eigenvalue weighted by atomic mass is 9.89. The van der Waals surface area contributed by atoms with Crippen molar-refractivity contribution >= 4 is 27.3 Å². The number of methoxy groups -OCH3 is 1. The summed E-state index contributed by atoms with van der Waals surface area (Å²) in [6, 6.07) is 10.6. The second-order valence-corrected chi connectivity index (χ2v) is 9.48. The molecule has 3 rings (SSSR count). The summed E-state index contributed by atoms with van der Waals surface area (Å²) in [5.41, 5.74) is 1.92. The molecule has 184 valence electrons. The Hall–Kier alpha value is -3.28. The lowest BCUT2D eigenvalue weighted by molar-refractivity contribution is -0.275. The van der Waals surface area contributed by atoms with Crippen LogP contribution in [0.15, 0.2) is 47.6 Å². The van der Waals surface area contributed by atoms with E-state index in [1.807, 2.05) is 6.92 Å². The summed E-state index contributed by atoms with van der Waals surface area (Å²) in [4.78, 5) is 12.7. The highest BCUT2D eigenvalue weighted by molar-refractivity contribution is 7.92. The number of amides is 1. The Morgan fingerprint density at radius 1 is 1.15 bits per heavy atom. The summed E-state index contributed by atoms with van der Waals surface area (Å²) in [7, 11) is -2.18.